The van der Waals surface area contributed by atoms with Gasteiger partial charge in [0.05, 0.1) is 85.6 Å². The number of benzene rings is 4. The largest absolute Gasteiger partial charge is 0.494 e. The number of alkyl carbamates (subject to hydrolysis) is 2. The van der Waals surface area contributed by atoms with Crippen LogP contribution in [0.25, 0.3) is 0 Å². The van der Waals surface area contributed by atoms with Crippen LogP contribution in [-0.4, -0.2) is 262 Å². The summed E-state index contributed by atoms with van der Waals surface area (Å²) in [6, 6.07) is 22.1. The number of rotatable bonds is 31. The number of alkyl halides is 1. The van der Waals surface area contributed by atoms with Gasteiger partial charge in [-0.1, -0.05) is 74.6 Å². The first-order valence-electron chi connectivity index (χ1n) is 35.9. The molecule has 0 radical (unpaired) electrons. The second kappa shape index (κ2) is 38.8. The molecule has 4 aromatic carbocycles. The van der Waals surface area contributed by atoms with E-state index in [9.17, 15) is 36.6 Å². The number of hydrogen-bond acceptors (Lipinski definition) is 24. The number of carbonyl (C=O) groups excluding carboxylic acids is 2. The number of fused-ring (bicyclic) bond motifs is 4. The topological polar surface area (TPSA) is 306 Å². The van der Waals surface area contributed by atoms with Gasteiger partial charge >= 0.3 is 12.2 Å². The number of likely N-dealkylation sites (N-methyl/N-ethyl adjacent to an activating group) is 1. The Hall–Kier alpha value is -5.63. The van der Waals surface area contributed by atoms with Crippen molar-refractivity contribution in [2.45, 2.75) is 132 Å². The average molecular weight is 1590 g/mol. The molecule has 0 unspecified atom stereocenters. The van der Waals surface area contributed by atoms with E-state index >= 15 is 0 Å². The Morgan fingerprint density at radius 3 is 1.47 bits per heavy atom. The molecule has 4 aromatic rings. The molecule has 5 N–H and O–H groups in total. The third-order valence-electron chi connectivity index (χ3n) is 19.0. The molecule has 28 nitrogen and oxygen atoms in total. The molecule has 31 heteroatoms. The second-order valence-corrected chi connectivity index (χ2v) is 33.0. The van der Waals surface area contributed by atoms with Crippen LogP contribution in [0.5, 0.6) is 34.5 Å². The molecule has 8 aliphatic rings. The number of nitrogens with zero attached hydrogens (tertiary/aromatic N) is 5. The molecule has 6 saturated heterocycles. The van der Waals surface area contributed by atoms with Gasteiger partial charge in [-0.3, -0.25) is 4.90 Å². The highest BCUT2D eigenvalue weighted by Gasteiger charge is 2.46. The first-order valence-corrected chi connectivity index (χ1v) is 40.3. The summed E-state index contributed by atoms with van der Waals surface area (Å²) in [6.45, 7) is 19.0. The summed E-state index contributed by atoms with van der Waals surface area (Å²) >= 11 is 2.30. The van der Waals surface area contributed by atoms with Gasteiger partial charge in [0, 0.05) is 88.7 Å². The molecule has 0 saturated carbocycles. The molecule has 2 amide bonds. The highest BCUT2D eigenvalue weighted by Crippen LogP contribution is 2.38. The maximum Gasteiger partial charge on any atom is 0.407 e. The van der Waals surface area contributed by atoms with Crippen molar-refractivity contribution in [2.75, 3.05) is 150 Å². The van der Waals surface area contributed by atoms with Crippen molar-refractivity contribution in [1.82, 2.24) is 39.3 Å². The fourth-order valence-electron chi connectivity index (χ4n) is 13.3. The predicted octanol–water partition coefficient (Wildman–Crippen LogP) is 6.13. The van der Waals surface area contributed by atoms with Crippen LogP contribution in [0.3, 0.4) is 0 Å². The number of piperazine rings is 1. The molecule has 0 aromatic heterocycles. The molecule has 103 heavy (non-hydrogen) atoms. The monoisotopic (exact) mass is 1590 g/mol. The Bertz CT molecular complexity index is 3540. The van der Waals surface area contributed by atoms with Crippen molar-refractivity contribution >= 4 is 54.8 Å². The summed E-state index contributed by atoms with van der Waals surface area (Å²) in [5, 5.41) is 32.2. The molecule has 0 aliphatic carbocycles. The van der Waals surface area contributed by atoms with Crippen LogP contribution in [0.1, 0.15) is 70.9 Å². The van der Waals surface area contributed by atoms with Gasteiger partial charge in [0.15, 0.2) is 35.6 Å². The van der Waals surface area contributed by atoms with Gasteiger partial charge in [-0.2, -0.15) is 8.61 Å². The Morgan fingerprint density at radius 1 is 0.592 bits per heavy atom. The lowest BCUT2D eigenvalue weighted by Crippen LogP contribution is -2.51. The minimum atomic E-state index is -4.06. The van der Waals surface area contributed by atoms with Crippen LogP contribution in [0, 0.1) is 23.7 Å². The molecule has 8 aliphatic heterocycles. The number of aliphatic hydroxyl groups is 2. The van der Waals surface area contributed by atoms with E-state index in [1.54, 1.807) is 12.1 Å². The smallest absolute Gasteiger partial charge is 0.407 e. The number of ether oxygens (including phenoxy) is 12. The fraction of sp³-hybridized carbons (Fsp3) is 0.639. The maximum atomic E-state index is 14.0. The summed E-state index contributed by atoms with van der Waals surface area (Å²) in [5.41, 5.74) is 1.65. The number of amides is 2. The Morgan fingerprint density at radius 2 is 1.05 bits per heavy atom. The standard InChI is InChI=1S/C36H52N4O10S.C31H41IN2O10S.C5H12N2/c1-25(2)21-40(51(43,44)28-9-10-32-33(20-28)49-24-48-32)22-31(41)30(37-36(42)50-34-23-47-35-29(34)11-18-46-35)19-26-5-7-27(8-6-26)45-17-4-12-39-15-13-38(3)14-16-39;1-20(2)16-34(45(37,38)23-8-9-27-28(15-23)43-19-42-27)17-26(35)25(14-21-4-6-22(7-5-21)39-12-3-11-32)33-31(36)44-29-18-41-30-24(29)10-13-40-30;1-7-4-2-3-6-5-7/h5-10,20,25,29-31,34-35,41H,4,11-19,21-24H2,1-3H3,(H,37,42);4-9,15,20,24-26,29-30,35H,3,10-14,16-19H2,1-2H3,(H,33,36);6H,2-5H2,1H3/t29-,30-,31+,34-,35+;24-,25-,26+,29-,30+;/m00./s1. The van der Waals surface area contributed by atoms with Crippen molar-refractivity contribution in [1.29, 1.82) is 0 Å². The minimum Gasteiger partial charge on any atom is -0.494 e. The molecular formula is C72H105IN8O20S2. The van der Waals surface area contributed by atoms with E-state index in [1.165, 1.54) is 52.4 Å². The quantitative estimate of drug-likeness (QED) is 0.0215. The van der Waals surface area contributed by atoms with Crippen molar-refractivity contribution in [3.05, 3.63) is 96.1 Å². The van der Waals surface area contributed by atoms with E-state index in [-0.39, 0.29) is 112 Å². The van der Waals surface area contributed by atoms with E-state index in [0.29, 0.717) is 49.4 Å². The minimum absolute atomic E-state index is 0.0160. The summed E-state index contributed by atoms with van der Waals surface area (Å²) in [7, 11) is -3.83. The maximum absolute atomic E-state index is 14.0. The zero-order valence-electron chi connectivity index (χ0n) is 60.0. The highest BCUT2D eigenvalue weighted by molar-refractivity contribution is 14.1. The predicted molar refractivity (Wildman–Crippen MR) is 390 cm³/mol. The molecular weight excluding hydrogens is 1490 g/mol. The van der Waals surface area contributed by atoms with Gasteiger partial charge in [-0.05, 0) is 137 Å². The Kier molecular flexibility index (Phi) is 30.1. The first kappa shape index (κ1) is 79.9. The number of aliphatic hydroxyl groups excluding tert-OH is 2. The van der Waals surface area contributed by atoms with E-state index in [4.69, 9.17) is 56.8 Å². The van der Waals surface area contributed by atoms with Gasteiger partial charge in [0.25, 0.3) is 0 Å². The summed E-state index contributed by atoms with van der Waals surface area (Å²) < 4.78 is 126. The van der Waals surface area contributed by atoms with Crippen LogP contribution >= 0.6 is 22.6 Å². The Labute approximate surface area is 620 Å². The van der Waals surface area contributed by atoms with Crippen LogP contribution in [-0.2, 0) is 61.3 Å². The SMILES string of the molecule is CC(C)CN(C[C@@H](O)[C@H](Cc1ccc(OCCCI)cc1)NC(=O)O[C@H]1CO[C@H]2OCC[C@H]21)S(=O)(=O)c1ccc2c(c1)OCO2.CC(C)CN(C[C@@H](O)[C@H](Cc1ccc(OCCCN2CCN(C)CC2)cc1)NC(=O)O[C@H]1CO[C@H]2OCC[C@H]21)S(=O)(=O)c1ccc2c(c1)OCO2.CN1CCCNC1. The lowest BCUT2D eigenvalue weighted by molar-refractivity contribution is -0.0909. The fourth-order valence-corrected chi connectivity index (χ4v) is 16.9. The van der Waals surface area contributed by atoms with E-state index < -0.39 is 68.7 Å². The molecule has 0 spiro atoms. The van der Waals surface area contributed by atoms with Gasteiger partial charge in [0.2, 0.25) is 33.6 Å². The zero-order chi connectivity index (χ0) is 73.0. The summed E-state index contributed by atoms with van der Waals surface area (Å²) in [6.07, 6.45) is -0.660. The normalized spacial score (nSPS) is 22.9. The highest BCUT2D eigenvalue weighted by atomic mass is 127. The van der Waals surface area contributed by atoms with Gasteiger partial charge in [0.1, 0.15) is 23.7 Å². The molecule has 10 atom stereocenters. The number of carbonyl (C=O) groups is 2. The van der Waals surface area contributed by atoms with Crippen molar-refractivity contribution < 1.29 is 93.5 Å². The van der Waals surface area contributed by atoms with Crippen molar-refractivity contribution in [2.24, 2.45) is 23.7 Å². The molecule has 0 bridgehead atoms. The number of nitrogens with one attached hydrogen (secondary N) is 3. The first-order chi connectivity index (χ1) is 49.6. The number of sulfonamides is 2. The van der Waals surface area contributed by atoms with E-state index in [2.05, 4.69) is 67.3 Å². The second-order valence-electron chi connectivity index (χ2n) is 28.1. The molecule has 8 heterocycles. The molecule has 572 valence electrons. The molecule has 12 rings (SSSR count). The third kappa shape index (κ3) is 23.2. The van der Waals surface area contributed by atoms with Gasteiger partial charge in [-0.15, -0.1) is 0 Å². The number of hydrogen-bond donors (Lipinski definition) is 5. The van der Waals surface area contributed by atoms with Crippen molar-refractivity contribution in [3.8, 4) is 34.5 Å². The third-order valence-corrected chi connectivity index (χ3v) is 23.4. The summed E-state index contributed by atoms with van der Waals surface area (Å²) in [4.78, 5) is 33.6. The molecule has 6 fully saturated rings. The van der Waals surface area contributed by atoms with Gasteiger partial charge < -0.3 is 92.8 Å². The van der Waals surface area contributed by atoms with Crippen LogP contribution in [0.4, 0.5) is 9.59 Å². The Balaban J connectivity index is 0.000000203. The number of halogens is 1. The van der Waals surface area contributed by atoms with E-state index in [1.807, 2.05) is 76.2 Å². The average Bonchev–Trinajstić information content (AvgIpc) is 1.82. The van der Waals surface area contributed by atoms with Crippen molar-refractivity contribution in [3.63, 3.8) is 0 Å². The zero-order valence-corrected chi connectivity index (χ0v) is 63.8. The summed E-state index contributed by atoms with van der Waals surface area (Å²) in [5.74, 6) is 2.89. The van der Waals surface area contributed by atoms with E-state index in [0.717, 1.165) is 92.1 Å². The van der Waals surface area contributed by atoms with Crippen LogP contribution in [0.15, 0.2) is 94.7 Å². The van der Waals surface area contributed by atoms with Crippen LogP contribution < -0.4 is 44.4 Å². The van der Waals surface area contributed by atoms with Gasteiger partial charge in [-0.25, -0.2) is 26.4 Å². The van der Waals surface area contributed by atoms with Crippen LogP contribution in [0.2, 0.25) is 0 Å². The lowest BCUT2D eigenvalue weighted by atomic mass is 10.0. The lowest BCUT2D eigenvalue weighted by Gasteiger charge is -2.32.